The quantitative estimate of drug-likeness (QED) is 0.392. The molecule has 35 heavy (non-hydrogen) atoms. The lowest BCUT2D eigenvalue weighted by atomic mass is 9.77. The van der Waals surface area contributed by atoms with Gasteiger partial charge in [-0.3, -0.25) is 9.69 Å². The Morgan fingerprint density at radius 3 is 2.63 bits per heavy atom. The number of carbonyl (C=O) groups is 2. The maximum absolute atomic E-state index is 14.4. The van der Waals surface area contributed by atoms with Gasteiger partial charge in [0.05, 0.1) is 7.11 Å². The van der Waals surface area contributed by atoms with E-state index in [1.54, 1.807) is 24.3 Å². The van der Waals surface area contributed by atoms with Gasteiger partial charge in [0.2, 0.25) is 5.95 Å². The fourth-order valence-corrected chi connectivity index (χ4v) is 4.44. The predicted octanol–water partition coefficient (Wildman–Crippen LogP) is 2.42. The summed E-state index contributed by atoms with van der Waals surface area (Å²) in [6.45, 7) is -1.78. The molecule has 0 bridgehead atoms. The molecule has 0 spiro atoms. The number of aliphatic imine (C=N–C) groups is 1. The Bertz CT molecular complexity index is 1250. The number of benzene rings is 1. The number of methoxy groups -OCH3 is 1. The highest BCUT2D eigenvalue weighted by molar-refractivity contribution is 6.07. The highest BCUT2D eigenvalue weighted by atomic mass is 19.4. The summed E-state index contributed by atoms with van der Waals surface area (Å²) in [5.74, 6) is -3.46. The summed E-state index contributed by atoms with van der Waals surface area (Å²) < 4.78 is 58.8. The molecule has 0 radical (unpaired) electrons. The van der Waals surface area contributed by atoms with Crippen LogP contribution < -0.4 is 5.73 Å². The average molecular weight is 491 g/mol. The van der Waals surface area contributed by atoms with Gasteiger partial charge >= 0.3 is 12.1 Å². The highest BCUT2D eigenvalue weighted by Crippen LogP contribution is 2.45. The number of rotatable bonds is 5. The van der Waals surface area contributed by atoms with Crippen molar-refractivity contribution in [2.45, 2.75) is 11.7 Å². The molecule has 2 aliphatic heterocycles. The monoisotopic (exact) mass is 491 g/mol. The number of nitrogens with zero attached hydrogens (tertiary/aromatic N) is 4. The summed E-state index contributed by atoms with van der Waals surface area (Å²) in [5.41, 5.74) is 4.66. The molecule has 0 saturated carbocycles. The van der Waals surface area contributed by atoms with Crippen molar-refractivity contribution in [1.82, 2.24) is 14.8 Å². The molecule has 1 aromatic heterocycles. The van der Waals surface area contributed by atoms with E-state index in [9.17, 15) is 27.2 Å². The van der Waals surface area contributed by atoms with Crippen LogP contribution in [0.3, 0.4) is 0 Å². The molecule has 12 heteroatoms. The summed E-state index contributed by atoms with van der Waals surface area (Å²) in [7, 11) is 2.44. The summed E-state index contributed by atoms with van der Waals surface area (Å²) in [6, 6.07) is 9.31. The number of likely N-dealkylation sites (N-methyl/N-ethyl adjacent to an activating group) is 1. The summed E-state index contributed by atoms with van der Waals surface area (Å²) in [4.78, 5) is 35.8. The Kier molecular flexibility index (Phi) is 5.99. The van der Waals surface area contributed by atoms with Gasteiger partial charge in [-0.25, -0.2) is 14.8 Å². The van der Waals surface area contributed by atoms with E-state index >= 15 is 0 Å². The van der Waals surface area contributed by atoms with Crippen LogP contribution in [-0.4, -0.2) is 66.0 Å². The van der Waals surface area contributed by atoms with Gasteiger partial charge < -0.3 is 15.4 Å². The number of guanidine groups is 1. The lowest BCUT2D eigenvalue weighted by Gasteiger charge is -2.32. The van der Waals surface area contributed by atoms with Crippen LogP contribution >= 0.6 is 0 Å². The number of alkyl halides is 3. The zero-order valence-corrected chi connectivity index (χ0v) is 18.7. The number of aromatic nitrogens is 1. The Hall–Kier alpha value is -3.96. The molecular weight excluding hydrogens is 470 g/mol. The molecule has 3 heterocycles. The first-order valence-electron chi connectivity index (χ1n) is 10.4. The van der Waals surface area contributed by atoms with Crippen LogP contribution in [0.4, 0.5) is 17.6 Å². The first-order valence-corrected chi connectivity index (χ1v) is 10.4. The van der Waals surface area contributed by atoms with Crippen molar-refractivity contribution in [2.75, 3.05) is 27.2 Å². The molecule has 0 aliphatic carbocycles. The third-order valence-corrected chi connectivity index (χ3v) is 6.06. The van der Waals surface area contributed by atoms with Gasteiger partial charge in [-0.2, -0.15) is 17.6 Å². The second kappa shape index (κ2) is 8.67. The van der Waals surface area contributed by atoms with Crippen LogP contribution in [0.5, 0.6) is 0 Å². The Morgan fingerprint density at radius 2 is 2.03 bits per heavy atom. The highest BCUT2D eigenvalue weighted by Gasteiger charge is 2.56. The van der Waals surface area contributed by atoms with Crippen LogP contribution in [0.2, 0.25) is 0 Å². The zero-order valence-electron chi connectivity index (χ0n) is 18.7. The lowest BCUT2D eigenvalue weighted by Crippen LogP contribution is -2.46. The standard InChI is InChI=1S/C23H21F4N5O3/c1-31-20(34)23(30-21(31)28,14-6-3-5-13(9-14)16-7-4-8-29-18(16)24)15-10-17(19(33)35-2)32(11-15)12-22(25,26)27/h3-10,15H,11-12H2,1-2H3,(H2,28,30)/t15?,23-/m0/s1. The van der Waals surface area contributed by atoms with Gasteiger partial charge in [0.1, 0.15) is 12.2 Å². The van der Waals surface area contributed by atoms with Crippen molar-refractivity contribution in [3.05, 3.63) is 65.9 Å². The normalized spacial score (nSPS) is 22.3. The molecule has 0 saturated heterocycles. The van der Waals surface area contributed by atoms with Crippen molar-refractivity contribution >= 4 is 17.8 Å². The largest absolute Gasteiger partial charge is 0.464 e. The number of esters is 1. The van der Waals surface area contributed by atoms with Crippen molar-refractivity contribution in [1.29, 1.82) is 0 Å². The van der Waals surface area contributed by atoms with Crippen LogP contribution in [0.25, 0.3) is 11.1 Å². The number of ether oxygens (including phenoxy) is 1. The number of nitrogens with two attached hydrogens (primary N) is 1. The molecule has 2 atom stereocenters. The Labute approximate surface area is 197 Å². The Balaban J connectivity index is 1.87. The molecular formula is C23H21F4N5O3. The molecule has 2 N–H and O–H groups in total. The van der Waals surface area contributed by atoms with E-state index in [-0.39, 0.29) is 29.3 Å². The maximum atomic E-state index is 14.4. The van der Waals surface area contributed by atoms with E-state index in [4.69, 9.17) is 5.73 Å². The number of hydrogen-bond donors (Lipinski definition) is 1. The van der Waals surface area contributed by atoms with Crippen LogP contribution in [0.1, 0.15) is 5.56 Å². The molecule has 4 rings (SSSR count). The first kappa shape index (κ1) is 24.2. The molecule has 1 aromatic carbocycles. The van der Waals surface area contributed by atoms with Crippen LogP contribution in [0, 0.1) is 11.9 Å². The number of amides is 1. The minimum atomic E-state index is -4.62. The average Bonchev–Trinajstić information content (AvgIpc) is 3.32. The van der Waals surface area contributed by atoms with Gasteiger partial charge in [-0.1, -0.05) is 18.2 Å². The molecule has 1 amide bonds. The smallest absolute Gasteiger partial charge is 0.405 e. The second-order valence-corrected chi connectivity index (χ2v) is 8.17. The number of hydrogen-bond acceptors (Lipinski definition) is 7. The maximum Gasteiger partial charge on any atom is 0.405 e. The predicted molar refractivity (Wildman–Crippen MR) is 117 cm³/mol. The lowest BCUT2D eigenvalue weighted by molar-refractivity contribution is -0.148. The summed E-state index contributed by atoms with van der Waals surface area (Å²) in [5, 5.41) is 0. The van der Waals surface area contributed by atoms with Gasteiger partial charge in [0.25, 0.3) is 5.91 Å². The summed E-state index contributed by atoms with van der Waals surface area (Å²) >= 11 is 0. The van der Waals surface area contributed by atoms with Gasteiger partial charge in [-0.15, -0.1) is 0 Å². The minimum absolute atomic E-state index is 0.143. The van der Waals surface area contributed by atoms with E-state index in [1.165, 1.54) is 31.5 Å². The van der Waals surface area contributed by atoms with Crippen molar-refractivity contribution < 1.29 is 31.9 Å². The summed E-state index contributed by atoms with van der Waals surface area (Å²) in [6.07, 6.45) is -2.08. The van der Waals surface area contributed by atoms with E-state index in [0.717, 1.165) is 16.9 Å². The van der Waals surface area contributed by atoms with E-state index in [2.05, 4.69) is 14.7 Å². The molecule has 184 valence electrons. The van der Waals surface area contributed by atoms with Crippen molar-refractivity contribution in [3.8, 4) is 11.1 Å². The third kappa shape index (κ3) is 4.19. The zero-order chi connectivity index (χ0) is 25.5. The third-order valence-electron chi connectivity index (χ3n) is 6.06. The van der Waals surface area contributed by atoms with Crippen LogP contribution in [-0.2, 0) is 19.9 Å². The fraction of sp³-hybridized carbons (Fsp3) is 0.304. The van der Waals surface area contributed by atoms with Crippen molar-refractivity contribution in [2.24, 2.45) is 16.6 Å². The molecule has 0 fully saturated rings. The number of halogens is 4. The van der Waals surface area contributed by atoms with E-state index in [1.807, 2.05) is 0 Å². The van der Waals surface area contributed by atoms with Gasteiger partial charge in [0, 0.05) is 31.3 Å². The number of pyridine rings is 1. The fourth-order valence-electron chi connectivity index (χ4n) is 4.44. The molecule has 2 aliphatic rings. The topological polar surface area (TPSA) is 101 Å². The molecule has 2 aromatic rings. The number of carbonyl (C=O) groups excluding carboxylic acids is 2. The second-order valence-electron chi connectivity index (χ2n) is 8.17. The molecule has 8 nitrogen and oxygen atoms in total. The SMILES string of the molecule is COC(=O)C1=CC([C@]2(c3cccc(-c4cccnc4F)c3)N=C(N)N(C)C2=O)CN1CC(F)(F)F. The van der Waals surface area contributed by atoms with E-state index in [0.29, 0.717) is 5.56 Å². The minimum Gasteiger partial charge on any atom is -0.464 e. The van der Waals surface area contributed by atoms with Gasteiger partial charge in [-0.05, 0) is 35.4 Å². The Morgan fingerprint density at radius 1 is 1.29 bits per heavy atom. The van der Waals surface area contributed by atoms with Crippen molar-refractivity contribution in [3.63, 3.8) is 0 Å². The van der Waals surface area contributed by atoms with Crippen LogP contribution in [0.15, 0.2) is 59.4 Å². The first-order chi connectivity index (χ1) is 16.5. The molecule has 1 unspecified atom stereocenters. The van der Waals surface area contributed by atoms with E-state index < -0.39 is 42.0 Å². The van der Waals surface area contributed by atoms with Gasteiger partial charge in [0.15, 0.2) is 11.5 Å².